The third-order valence-corrected chi connectivity index (χ3v) is 4.62. The lowest BCUT2D eigenvalue weighted by atomic mass is 10.1. The number of carbonyl (C=O) groups is 2. The maximum atomic E-state index is 13.4. The van der Waals surface area contributed by atoms with Crippen molar-refractivity contribution in [2.75, 3.05) is 10.6 Å². The highest BCUT2D eigenvalue weighted by molar-refractivity contribution is 6.25. The number of rotatable bonds is 4. The smallest absolute Gasteiger partial charge is 0.268 e. The number of hydrogen-bond acceptors (Lipinski definition) is 5. The Hall–Kier alpha value is -4.26. The van der Waals surface area contributed by atoms with Gasteiger partial charge in [-0.2, -0.15) is 9.67 Å². The van der Waals surface area contributed by atoms with Crippen LogP contribution in [0.25, 0.3) is 5.69 Å². The van der Waals surface area contributed by atoms with Crippen LogP contribution in [0.1, 0.15) is 26.3 Å². The van der Waals surface area contributed by atoms with Gasteiger partial charge in [-0.3, -0.25) is 9.59 Å². The standard InChI is InChI=1S/C23H19N5O2/c1-16-10-8-9-15-19(16)21(30)27(20(29)17-11-4-2-5-12-17)23-25-22(24)28(26-23)18-13-6-3-7-14-18/h2-15H,1H3,(H2,24,25,26). The Morgan fingerprint density at radius 2 is 1.43 bits per heavy atom. The Morgan fingerprint density at radius 3 is 2.10 bits per heavy atom. The van der Waals surface area contributed by atoms with Gasteiger partial charge in [0.2, 0.25) is 5.95 Å². The van der Waals surface area contributed by atoms with Gasteiger partial charge in [-0.15, -0.1) is 5.10 Å². The molecular weight excluding hydrogens is 378 g/mol. The first kappa shape index (κ1) is 19.1. The van der Waals surface area contributed by atoms with E-state index in [0.717, 1.165) is 10.5 Å². The predicted octanol–water partition coefficient (Wildman–Crippen LogP) is 3.65. The van der Waals surface area contributed by atoms with Crippen LogP contribution in [0, 0.1) is 6.92 Å². The van der Waals surface area contributed by atoms with Crippen molar-refractivity contribution in [1.29, 1.82) is 0 Å². The second-order valence-corrected chi connectivity index (χ2v) is 6.64. The molecule has 2 amide bonds. The molecule has 2 N–H and O–H groups in total. The van der Waals surface area contributed by atoms with Gasteiger partial charge < -0.3 is 5.73 Å². The van der Waals surface area contributed by atoms with Crippen molar-refractivity contribution in [3.05, 3.63) is 102 Å². The predicted molar refractivity (Wildman–Crippen MR) is 115 cm³/mol. The number of carbonyl (C=O) groups excluding carboxylic acids is 2. The van der Waals surface area contributed by atoms with E-state index in [9.17, 15) is 9.59 Å². The molecule has 1 heterocycles. The third-order valence-electron chi connectivity index (χ3n) is 4.62. The summed E-state index contributed by atoms with van der Waals surface area (Å²) < 4.78 is 1.39. The van der Waals surface area contributed by atoms with Crippen molar-refractivity contribution >= 4 is 23.7 Å². The van der Waals surface area contributed by atoms with Crippen molar-refractivity contribution in [1.82, 2.24) is 14.8 Å². The fraction of sp³-hybridized carbons (Fsp3) is 0.0435. The first-order valence-electron chi connectivity index (χ1n) is 9.33. The van der Waals surface area contributed by atoms with Gasteiger partial charge in [0.15, 0.2) is 0 Å². The van der Waals surface area contributed by atoms with Crippen LogP contribution in [0.15, 0.2) is 84.9 Å². The summed E-state index contributed by atoms with van der Waals surface area (Å²) in [6.45, 7) is 1.81. The highest BCUT2D eigenvalue weighted by Crippen LogP contribution is 2.22. The van der Waals surface area contributed by atoms with Gasteiger partial charge in [-0.05, 0) is 42.8 Å². The number of amides is 2. The molecule has 7 heteroatoms. The minimum Gasteiger partial charge on any atom is -0.368 e. The Bertz CT molecular complexity index is 1200. The molecule has 0 aliphatic carbocycles. The molecule has 0 fully saturated rings. The molecule has 7 nitrogen and oxygen atoms in total. The largest absolute Gasteiger partial charge is 0.368 e. The van der Waals surface area contributed by atoms with Crippen LogP contribution in [-0.4, -0.2) is 26.6 Å². The SMILES string of the molecule is Cc1ccccc1C(=O)N(C(=O)c1ccccc1)c1nc(N)n(-c2ccccc2)n1. The molecule has 148 valence electrons. The van der Waals surface area contributed by atoms with E-state index in [1.165, 1.54) is 4.68 Å². The molecule has 0 aliphatic heterocycles. The van der Waals surface area contributed by atoms with Crippen molar-refractivity contribution in [3.63, 3.8) is 0 Å². The van der Waals surface area contributed by atoms with Crippen LogP contribution >= 0.6 is 0 Å². The van der Waals surface area contributed by atoms with Gasteiger partial charge in [-0.1, -0.05) is 54.6 Å². The van der Waals surface area contributed by atoms with Gasteiger partial charge >= 0.3 is 0 Å². The zero-order valence-corrected chi connectivity index (χ0v) is 16.3. The number of nitrogen functional groups attached to an aromatic ring is 1. The monoisotopic (exact) mass is 397 g/mol. The van der Waals surface area contributed by atoms with E-state index in [-0.39, 0.29) is 11.9 Å². The number of benzene rings is 3. The Balaban J connectivity index is 1.83. The summed E-state index contributed by atoms with van der Waals surface area (Å²) in [5.74, 6) is -1.07. The average molecular weight is 397 g/mol. The zero-order chi connectivity index (χ0) is 21.1. The fourth-order valence-corrected chi connectivity index (χ4v) is 3.08. The molecule has 0 radical (unpaired) electrons. The second-order valence-electron chi connectivity index (χ2n) is 6.64. The minimum atomic E-state index is -0.533. The number of nitrogens with zero attached hydrogens (tertiary/aromatic N) is 4. The molecule has 4 aromatic rings. The summed E-state index contributed by atoms with van der Waals surface area (Å²) in [7, 11) is 0. The lowest BCUT2D eigenvalue weighted by molar-refractivity contribution is 0.0895. The molecule has 0 saturated heterocycles. The van der Waals surface area contributed by atoms with Gasteiger partial charge in [-0.25, -0.2) is 4.90 Å². The second kappa shape index (κ2) is 8.00. The summed E-state index contributed by atoms with van der Waals surface area (Å²) in [5, 5.41) is 4.37. The quantitative estimate of drug-likeness (QED) is 0.531. The molecule has 0 saturated carbocycles. The van der Waals surface area contributed by atoms with Gasteiger partial charge in [0.05, 0.1) is 5.69 Å². The number of para-hydroxylation sites is 1. The first-order valence-corrected chi connectivity index (χ1v) is 9.33. The molecular formula is C23H19N5O2. The van der Waals surface area contributed by atoms with Crippen molar-refractivity contribution in [2.45, 2.75) is 6.92 Å². The number of aryl methyl sites for hydroxylation is 1. The molecule has 0 atom stereocenters. The van der Waals surface area contributed by atoms with E-state index < -0.39 is 11.8 Å². The van der Waals surface area contributed by atoms with E-state index >= 15 is 0 Å². The van der Waals surface area contributed by atoms with Crippen LogP contribution < -0.4 is 10.6 Å². The number of anilines is 2. The van der Waals surface area contributed by atoms with Gasteiger partial charge in [0, 0.05) is 11.1 Å². The number of hydrogen-bond donors (Lipinski definition) is 1. The third kappa shape index (κ3) is 3.56. The maximum absolute atomic E-state index is 13.4. The molecule has 0 aliphatic rings. The van der Waals surface area contributed by atoms with Gasteiger partial charge in [0.1, 0.15) is 0 Å². The number of aromatic nitrogens is 3. The normalized spacial score (nSPS) is 10.6. The summed E-state index contributed by atoms with van der Waals surface area (Å²) in [4.78, 5) is 31.9. The molecule has 0 bridgehead atoms. The highest BCUT2D eigenvalue weighted by atomic mass is 16.2. The van der Waals surface area contributed by atoms with Crippen molar-refractivity contribution in [2.24, 2.45) is 0 Å². The Kier molecular flexibility index (Phi) is 5.09. The molecule has 4 rings (SSSR count). The Labute approximate surface area is 173 Å². The van der Waals surface area contributed by atoms with E-state index in [1.807, 2.05) is 37.3 Å². The van der Waals surface area contributed by atoms with Crippen molar-refractivity contribution < 1.29 is 9.59 Å². The molecule has 0 spiro atoms. The van der Waals surface area contributed by atoms with E-state index in [2.05, 4.69) is 10.1 Å². The molecule has 30 heavy (non-hydrogen) atoms. The lowest BCUT2D eigenvalue weighted by Crippen LogP contribution is -2.38. The van der Waals surface area contributed by atoms with Crippen LogP contribution in [0.3, 0.4) is 0 Å². The Morgan fingerprint density at radius 1 is 0.833 bits per heavy atom. The van der Waals surface area contributed by atoms with E-state index in [0.29, 0.717) is 16.8 Å². The number of nitrogens with two attached hydrogens (primary N) is 1. The summed E-state index contributed by atoms with van der Waals surface area (Å²) >= 11 is 0. The lowest BCUT2D eigenvalue weighted by Gasteiger charge is -2.18. The molecule has 3 aromatic carbocycles. The van der Waals surface area contributed by atoms with E-state index in [1.54, 1.807) is 54.6 Å². The summed E-state index contributed by atoms with van der Waals surface area (Å²) in [6.07, 6.45) is 0. The minimum absolute atomic E-state index is 0.0691. The van der Waals surface area contributed by atoms with Crippen LogP contribution in [0.2, 0.25) is 0 Å². The summed E-state index contributed by atoms with van der Waals surface area (Å²) in [5.41, 5.74) is 8.20. The maximum Gasteiger partial charge on any atom is 0.268 e. The highest BCUT2D eigenvalue weighted by Gasteiger charge is 2.31. The topological polar surface area (TPSA) is 94.1 Å². The molecule has 0 unspecified atom stereocenters. The van der Waals surface area contributed by atoms with E-state index in [4.69, 9.17) is 5.73 Å². The molecule has 1 aromatic heterocycles. The van der Waals surface area contributed by atoms with Crippen LogP contribution in [0.4, 0.5) is 11.9 Å². The fourth-order valence-electron chi connectivity index (χ4n) is 3.08. The first-order chi connectivity index (χ1) is 14.6. The zero-order valence-electron chi connectivity index (χ0n) is 16.3. The average Bonchev–Trinajstić information content (AvgIpc) is 3.16. The van der Waals surface area contributed by atoms with Gasteiger partial charge in [0.25, 0.3) is 17.8 Å². The number of imide groups is 1. The summed E-state index contributed by atoms with van der Waals surface area (Å²) in [6, 6.07) is 24.7. The van der Waals surface area contributed by atoms with Crippen molar-refractivity contribution in [3.8, 4) is 5.69 Å². The van der Waals surface area contributed by atoms with Crippen LogP contribution in [-0.2, 0) is 0 Å². The van der Waals surface area contributed by atoms with Crippen LogP contribution in [0.5, 0.6) is 0 Å².